The summed E-state index contributed by atoms with van der Waals surface area (Å²) in [5.74, 6) is 1.09. The van der Waals surface area contributed by atoms with E-state index in [2.05, 4.69) is 15.3 Å². The molecule has 144 valence electrons. The first-order chi connectivity index (χ1) is 13.6. The van der Waals surface area contributed by atoms with Crippen molar-refractivity contribution < 1.29 is 19.4 Å². The van der Waals surface area contributed by atoms with Crippen molar-refractivity contribution in [3.63, 3.8) is 0 Å². The van der Waals surface area contributed by atoms with E-state index in [9.17, 15) is 9.90 Å². The summed E-state index contributed by atoms with van der Waals surface area (Å²) >= 11 is 2.87. The van der Waals surface area contributed by atoms with Gasteiger partial charge in [0.25, 0.3) is 0 Å². The molecule has 1 aliphatic heterocycles. The number of rotatable bonds is 7. The van der Waals surface area contributed by atoms with Gasteiger partial charge in [0.1, 0.15) is 18.1 Å². The van der Waals surface area contributed by atoms with Gasteiger partial charge in [-0.3, -0.25) is 4.79 Å². The highest BCUT2D eigenvalue weighted by Gasteiger charge is 2.31. The normalized spacial score (nSPS) is 15.6. The van der Waals surface area contributed by atoms with Crippen LogP contribution in [0.1, 0.15) is 17.1 Å². The fraction of sp³-hybridized carbons (Fsp3) is 0.222. The van der Waals surface area contributed by atoms with Gasteiger partial charge in [-0.15, -0.1) is 21.5 Å². The number of aliphatic carboxylic acids is 1. The van der Waals surface area contributed by atoms with Gasteiger partial charge in [0, 0.05) is 0 Å². The van der Waals surface area contributed by atoms with E-state index in [-0.39, 0.29) is 18.3 Å². The van der Waals surface area contributed by atoms with E-state index in [1.165, 1.54) is 23.1 Å². The Bertz CT molecular complexity index is 999. The Labute approximate surface area is 168 Å². The second-order valence-electron chi connectivity index (χ2n) is 5.84. The van der Waals surface area contributed by atoms with Gasteiger partial charge in [0.2, 0.25) is 5.16 Å². The van der Waals surface area contributed by atoms with Gasteiger partial charge in [0.05, 0.1) is 29.4 Å². The first kappa shape index (κ1) is 18.5. The molecular weight excluding hydrogens is 400 g/mol. The summed E-state index contributed by atoms with van der Waals surface area (Å²) in [6.45, 7) is 0.185. The van der Waals surface area contributed by atoms with E-state index in [4.69, 9.17) is 9.47 Å². The summed E-state index contributed by atoms with van der Waals surface area (Å²) in [5.41, 5.74) is 0.709. The highest BCUT2D eigenvalue weighted by molar-refractivity contribution is 8.00. The SMILES string of the molecule is COc1ccc(OCc2nnc3n2N=C(c2cccs2)[C@@H](CC(=O)O)S3)cc1. The molecule has 0 saturated heterocycles. The molecule has 0 unspecified atom stereocenters. The number of benzene rings is 1. The summed E-state index contributed by atoms with van der Waals surface area (Å²) in [6.07, 6.45) is -0.0358. The van der Waals surface area contributed by atoms with Crippen LogP contribution in [0.3, 0.4) is 0 Å². The van der Waals surface area contributed by atoms with Crippen LogP contribution in [-0.2, 0) is 11.4 Å². The Morgan fingerprint density at radius 2 is 2.00 bits per heavy atom. The lowest BCUT2D eigenvalue weighted by molar-refractivity contribution is -0.136. The van der Waals surface area contributed by atoms with Crippen LogP contribution in [0.25, 0.3) is 0 Å². The van der Waals surface area contributed by atoms with Gasteiger partial charge in [0.15, 0.2) is 5.82 Å². The number of carbonyl (C=O) groups is 1. The third-order valence-corrected chi connectivity index (χ3v) is 6.03. The van der Waals surface area contributed by atoms with Crippen molar-refractivity contribution in [1.82, 2.24) is 14.9 Å². The largest absolute Gasteiger partial charge is 0.497 e. The number of thioether (sulfide) groups is 1. The molecule has 0 bridgehead atoms. The number of methoxy groups -OCH3 is 1. The van der Waals surface area contributed by atoms with E-state index in [1.807, 2.05) is 41.8 Å². The standard InChI is InChI=1S/C18H16N4O4S2/c1-25-11-4-6-12(7-5-11)26-10-15-19-20-18-22(15)21-17(13-3-2-8-27-13)14(28-18)9-16(23)24/h2-8,14H,9-10H2,1H3,(H,23,24)/t14-/m1/s1. The molecule has 0 spiro atoms. The molecule has 3 aromatic rings. The first-order valence-corrected chi connectivity index (χ1v) is 10.1. The summed E-state index contributed by atoms with van der Waals surface area (Å²) in [7, 11) is 1.61. The van der Waals surface area contributed by atoms with Crippen LogP contribution in [-0.4, -0.2) is 44.0 Å². The molecule has 3 heterocycles. The maximum Gasteiger partial charge on any atom is 0.304 e. The maximum atomic E-state index is 11.3. The molecule has 8 nitrogen and oxygen atoms in total. The quantitative estimate of drug-likeness (QED) is 0.632. The molecule has 10 heteroatoms. The number of carboxylic acids is 1. The number of hydrogen-bond acceptors (Lipinski definition) is 8. The Balaban J connectivity index is 1.58. The second kappa shape index (κ2) is 8.03. The van der Waals surface area contributed by atoms with Gasteiger partial charge < -0.3 is 14.6 Å². The molecule has 1 N–H and O–H groups in total. The van der Waals surface area contributed by atoms with Crippen molar-refractivity contribution in [1.29, 1.82) is 0 Å². The van der Waals surface area contributed by atoms with Crippen molar-refractivity contribution in [2.75, 3.05) is 7.11 Å². The van der Waals surface area contributed by atoms with E-state index >= 15 is 0 Å². The fourth-order valence-corrected chi connectivity index (χ4v) is 4.60. The van der Waals surface area contributed by atoms with Gasteiger partial charge >= 0.3 is 5.97 Å². The summed E-state index contributed by atoms with van der Waals surface area (Å²) in [4.78, 5) is 12.2. The molecule has 0 radical (unpaired) electrons. The Morgan fingerprint density at radius 1 is 1.21 bits per heavy atom. The Kier molecular flexibility index (Phi) is 5.31. The number of nitrogens with zero attached hydrogens (tertiary/aromatic N) is 4. The minimum absolute atomic E-state index is 0.0358. The number of fused-ring (bicyclic) bond motifs is 1. The number of hydrogen-bond donors (Lipinski definition) is 1. The molecule has 1 aliphatic rings. The van der Waals surface area contributed by atoms with Crippen LogP contribution in [0.2, 0.25) is 0 Å². The third kappa shape index (κ3) is 3.87. The fourth-order valence-electron chi connectivity index (χ4n) is 2.66. The molecule has 1 atom stereocenters. The lowest BCUT2D eigenvalue weighted by Gasteiger charge is -2.21. The number of carboxylic acid groups (broad SMARTS) is 1. The van der Waals surface area contributed by atoms with Crippen molar-refractivity contribution in [2.45, 2.75) is 23.4 Å². The highest BCUT2D eigenvalue weighted by atomic mass is 32.2. The second-order valence-corrected chi connectivity index (χ2v) is 7.96. The van der Waals surface area contributed by atoms with Crippen LogP contribution >= 0.6 is 23.1 Å². The number of thiophene rings is 1. The molecule has 0 amide bonds. The van der Waals surface area contributed by atoms with Crippen LogP contribution in [0, 0.1) is 0 Å². The average molecular weight is 416 g/mol. The minimum atomic E-state index is -0.877. The lowest BCUT2D eigenvalue weighted by atomic mass is 10.1. The molecular formula is C18H16N4O4S2. The molecule has 1 aromatic carbocycles. The highest BCUT2D eigenvalue weighted by Crippen LogP contribution is 2.33. The predicted octanol–water partition coefficient (Wildman–Crippen LogP) is 3.13. The predicted molar refractivity (Wildman–Crippen MR) is 105 cm³/mol. The van der Waals surface area contributed by atoms with Crippen LogP contribution in [0.5, 0.6) is 11.5 Å². The number of ether oxygens (including phenoxy) is 2. The zero-order valence-electron chi connectivity index (χ0n) is 14.8. The summed E-state index contributed by atoms with van der Waals surface area (Å²) < 4.78 is 12.5. The van der Waals surface area contributed by atoms with Gasteiger partial charge in [-0.25, -0.2) is 0 Å². The molecule has 0 fully saturated rings. The monoisotopic (exact) mass is 416 g/mol. The minimum Gasteiger partial charge on any atom is -0.497 e. The van der Waals surface area contributed by atoms with Gasteiger partial charge in [-0.1, -0.05) is 17.8 Å². The third-order valence-electron chi connectivity index (χ3n) is 4.00. The molecule has 2 aromatic heterocycles. The molecule has 0 aliphatic carbocycles. The van der Waals surface area contributed by atoms with Crippen molar-refractivity contribution in [3.8, 4) is 11.5 Å². The summed E-state index contributed by atoms with van der Waals surface area (Å²) in [5, 5.41) is 24.4. The van der Waals surface area contributed by atoms with Crippen LogP contribution in [0.15, 0.2) is 52.0 Å². The maximum absolute atomic E-state index is 11.3. The lowest BCUT2D eigenvalue weighted by Crippen LogP contribution is -2.26. The Hall–Kier alpha value is -2.85. The Morgan fingerprint density at radius 3 is 2.68 bits per heavy atom. The molecule has 28 heavy (non-hydrogen) atoms. The zero-order chi connectivity index (χ0) is 19.5. The topological polar surface area (TPSA) is 98.8 Å². The van der Waals surface area contributed by atoms with Crippen molar-refractivity contribution in [2.24, 2.45) is 5.10 Å². The zero-order valence-corrected chi connectivity index (χ0v) is 16.4. The van der Waals surface area contributed by atoms with Crippen LogP contribution < -0.4 is 9.47 Å². The van der Waals surface area contributed by atoms with Crippen molar-refractivity contribution in [3.05, 3.63) is 52.5 Å². The van der Waals surface area contributed by atoms with Crippen LogP contribution in [0.4, 0.5) is 0 Å². The smallest absolute Gasteiger partial charge is 0.304 e. The van der Waals surface area contributed by atoms with Crippen molar-refractivity contribution >= 4 is 34.8 Å². The van der Waals surface area contributed by atoms with E-state index in [0.717, 1.165) is 10.6 Å². The van der Waals surface area contributed by atoms with E-state index in [1.54, 1.807) is 11.8 Å². The van der Waals surface area contributed by atoms with Gasteiger partial charge in [-0.2, -0.15) is 9.78 Å². The average Bonchev–Trinajstić information content (AvgIpc) is 3.35. The van der Waals surface area contributed by atoms with E-state index < -0.39 is 5.97 Å². The van der Waals surface area contributed by atoms with E-state index in [0.29, 0.717) is 22.4 Å². The number of aromatic nitrogens is 3. The van der Waals surface area contributed by atoms with Gasteiger partial charge in [-0.05, 0) is 35.7 Å². The first-order valence-electron chi connectivity index (χ1n) is 8.36. The molecule has 0 saturated carbocycles. The molecule has 4 rings (SSSR count). The summed E-state index contributed by atoms with van der Waals surface area (Å²) in [6, 6.07) is 11.1.